The summed E-state index contributed by atoms with van der Waals surface area (Å²) in [5, 5.41) is -0.275. The van der Waals surface area contributed by atoms with Crippen molar-refractivity contribution in [1.82, 2.24) is 4.98 Å². The zero-order valence-electron chi connectivity index (χ0n) is 11.5. The molecule has 2 heterocycles. The zero-order chi connectivity index (χ0) is 16.2. The van der Waals surface area contributed by atoms with Crippen molar-refractivity contribution in [2.45, 2.75) is 6.18 Å². The molecule has 2 aromatic carbocycles. The Balaban J connectivity index is 2.39. The molecule has 4 rings (SSSR count). The summed E-state index contributed by atoms with van der Waals surface area (Å²) in [6, 6.07) is 12.3. The minimum atomic E-state index is -4.70. The first kappa shape index (κ1) is 13.8. The molecule has 0 amide bonds. The second kappa shape index (κ2) is 4.55. The van der Waals surface area contributed by atoms with E-state index in [0.717, 1.165) is 0 Å². The first-order chi connectivity index (χ1) is 11.0. The van der Waals surface area contributed by atoms with Gasteiger partial charge in [0.05, 0.1) is 22.0 Å². The van der Waals surface area contributed by atoms with Crippen LogP contribution in [0.2, 0.25) is 0 Å². The van der Waals surface area contributed by atoms with Crippen molar-refractivity contribution in [1.29, 1.82) is 0 Å². The van der Waals surface area contributed by atoms with Crippen molar-refractivity contribution in [3.05, 3.63) is 64.5 Å². The smallest absolute Gasteiger partial charge is 0.417 e. The third-order valence-electron chi connectivity index (χ3n) is 3.72. The molecular formula is C17H8F3NO2. The Morgan fingerprint density at radius 2 is 1.57 bits per heavy atom. The van der Waals surface area contributed by atoms with Crippen LogP contribution in [0.25, 0.3) is 32.8 Å². The molecule has 0 aliphatic heterocycles. The summed E-state index contributed by atoms with van der Waals surface area (Å²) >= 11 is 0. The molecule has 0 radical (unpaired) electrons. The number of nitrogens with zero attached hydrogens (tertiary/aromatic N) is 1. The van der Waals surface area contributed by atoms with Crippen LogP contribution in [0.4, 0.5) is 13.2 Å². The van der Waals surface area contributed by atoms with Crippen molar-refractivity contribution in [2.75, 3.05) is 0 Å². The van der Waals surface area contributed by atoms with Gasteiger partial charge in [-0.05, 0) is 18.2 Å². The van der Waals surface area contributed by atoms with Crippen molar-refractivity contribution < 1.29 is 17.6 Å². The summed E-state index contributed by atoms with van der Waals surface area (Å²) in [7, 11) is 0. The molecule has 0 saturated heterocycles. The van der Waals surface area contributed by atoms with Crippen LogP contribution in [-0.4, -0.2) is 4.98 Å². The van der Waals surface area contributed by atoms with Gasteiger partial charge in [-0.15, -0.1) is 0 Å². The lowest BCUT2D eigenvalue weighted by Gasteiger charge is -2.13. The van der Waals surface area contributed by atoms with Gasteiger partial charge in [-0.25, -0.2) is 9.78 Å². The van der Waals surface area contributed by atoms with Crippen LogP contribution >= 0.6 is 0 Å². The Morgan fingerprint density at radius 3 is 2.30 bits per heavy atom. The highest BCUT2D eigenvalue weighted by Gasteiger charge is 2.37. The SMILES string of the molecule is O=c1oc2ccccc2c2nc3ccccc3c(C(F)(F)F)c12. The molecule has 0 unspecified atom stereocenters. The van der Waals surface area contributed by atoms with Gasteiger partial charge in [-0.2, -0.15) is 13.2 Å². The number of pyridine rings is 1. The summed E-state index contributed by atoms with van der Waals surface area (Å²) in [6.45, 7) is 0. The minimum Gasteiger partial charge on any atom is -0.422 e. The van der Waals surface area contributed by atoms with Gasteiger partial charge < -0.3 is 4.42 Å². The molecule has 0 saturated carbocycles. The predicted octanol–water partition coefficient (Wildman–Crippen LogP) is 4.51. The third-order valence-corrected chi connectivity index (χ3v) is 3.72. The van der Waals surface area contributed by atoms with Crippen LogP contribution in [0.5, 0.6) is 0 Å². The van der Waals surface area contributed by atoms with E-state index in [9.17, 15) is 18.0 Å². The number of halogens is 3. The molecule has 0 aliphatic rings. The van der Waals surface area contributed by atoms with E-state index in [-0.39, 0.29) is 22.0 Å². The van der Waals surface area contributed by atoms with Gasteiger partial charge >= 0.3 is 11.8 Å². The number of benzene rings is 2. The lowest BCUT2D eigenvalue weighted by Crippen LogP contribution is -2.13. The normalized spacial score (nSPS) is 12.3. The first-order valence-electron chi connectivity index (χ1n) is 6.78. The van der Waals surface area contributed by atoms with E-state index in [1.54, 1.807) is 24.3 Å². The molecule has 0 atom stereocenters. The van der Waals surface area contributed by atoms with Gasteiger partial charge in [0.1, 0.15) is 5.58 Å². The number of para-hydroxylation sites is 2. The maximum atomic E-state index is 13.6. The van der Waals surface area contributed by atoms with Gasteiger partial charge in [0.25, 0.3) is 0 Å². The third kappa shape index (κ3) is 1.98. The van der Waals surface area contributed by atoms with Crippen molar-refractivity contribution >= 4 is 32.8 Å². The van der Waals surface area contributed by atoms with Crippen LogP contribution in [0.1, 0.15) is 5.56 Å². The van der Waals surface area contributed by atoms with Crippen LogP contribution in [0.15, 0.2) is 57.7 Å². The summed E-state index contributed by atoms with van der Waals surface area (Å²) in [5.74, 6) is 0. The van der Waals surface area contributed by atoms with Gasteiger partial charge in [-0.3, -0.25) is 0 Å². The summed E-state index contributed by atoms with van der Waals surface area (Å²) < 4.78 is 45.9. The van der Waals surface area contributed by atoms with E-state index in [1.807, 2.05) is 0 Å². The zero-order valence-corrected chi connectivity index (χ0v) is 11.5. The van der Waals surface area contributed by atoms with Gasteiger partial charge in [0.15, 0.2) is 0 Å². The molecule has 0 spiro atoms. The maximum absolute atomic E-state index is 13.6. The fourth-order valence-electron chi connectivity index (χ4n) is 2.80. The molecule has 4 aromatic rings. The fourth-order valence-corrected chi connectivity index (χ4v) is 2.80. The average Bonchev–Trinajstić information content (AvgIpc) is 2.52. The quantitative estimate of drug-likeness (QED) is 0.272. The molecular weight excluding hydrogens is 307 g/mol. The van der Waals surface area contributed by atoms with Crippen LogP contribution in [0, 0.1) is 0 Å². The second-order valence-corrected chi connectivity index (χ2v) is 5.11. The number of alkyl halides is 3. The van der Waals surface area contributed by atoms with Gasteiger partial charge in [0.2, 0.25) is 0 Å². The van der Waals surface area contributed by atoms with Crippen molar-refractivity contribution in [3.8, 4) is 0 Å². The molecule has 0 aliphatic carbocycles. The Morgan fingerprint density at radius 1 is 0.913 bits per heavy atom. The highest BCUT2D eigenvalue weighted by atomic mass is 19.4. The summed E-state index contributed by atoms with van der Waals surface area (Å²) in [6.07, 6.45) is -4.70. The predicted molar refractivity (Wildman–Crippen MR) is 80.3 cm³/mol. The van der Waals surface area contributed by atoms with Gasteiger partial charge in [0, 0.05) is 10.8 Å². The molecule has 2 aromatic heterocycles. The summed E-state index contributed by atoms with van der Waals surface area (Å²) in [4.78, 5) is 16.5. The Labute approximate surface area is 127 Å². The average molecular weight is 315 g/mol. The minimum absolute atomic E-state index is 0.00266. The number of hydrogen-bond donors (Lipinski definition) is 0. The number of hydrogen-bond acceptors (Lipinski definition) is 3. The molecule has 0 fully saturated rings. The molecule has 0 N–H and O–H groups in total. The Hall–Kier alpha value is -2.89. The maximum Gasteiger partial charge on any atom is 0.417 e. The first-order valence-corrected chi connectivity index (χ1v) is 6.78. The largest absolute Gasteiger partial charge is 0.422 e. The van der Waals surface area contributed by atoms with Crippen LogP contribution < -0.4 is 5.63 Å². The topological polar surface area (TPSA) is 43.1 Å². The number of aromatic nitrogens is 1. The van der Waals surface area contributed by atoms with Crippen molar-refractivity contribution in [2.24, 2.45) is 0 Å². The Kier molecular flexibility index (Phi) is 2.72. The van der Waals surface area contributed by atoms with E-state index in [2.05, 4.69) is 4.98 Å². The molecule has 6 heteroatoms. The van der Waals surface area contributed by atoms with Crippen LogP contribution in [0.3, 0.4) is 0 Å². The monoisotopic (exact) mass is 315 g/mol. The molecule has 0 bridgehead atoms. The number of rotatable bonds is 0. The molecule has 23 heavy (non-hydrogen) atoms. The standard InChI is InChI=1S/C17H8F3NO2/c18-17(19,20)14-9-5-1-3-7-11(9)21-15-10-6-2-4-8-12(10)23-16(22)13(14)15/h1-8H. The molecule has 114 valence electrons. The highest BCUT2D eigenvalue weighted by Crippen LogP contribution is 2.39. The van der Waals surface area contributed by atoms with E-state index >= 15 is 0 Å². The van der Waals surface area contributed by atoms with E-state index in [1.165, 1.54) is 24.3 Å². The van der Waals surface area contributed by atoms with Gasteiger partial charge in [-0.1, -0.05) is 30.3 Å². The Bertz CT molecular complexity index is 1130. The fraction of sp³-hybridized carbons (Fsp3) is 0.0588. The molecule has 3 nitrogen and oxygen atoms in total. The van der Waals surface area contributed by atoms with E-state index < -0.39 is 22.8 Å². The lowest BCUT2D eigenvalue weighted by molar-refractivity contribution is -0.135. The lowest BCUT2D eigenvalue weighted by atomic mass is 10.0. The summed E-state index contributed by atoms with van der Waals surface area (Å²) in [5.41, 5.74) is -1.64. The van der Waals surface area contributed by atoms with Crippen molar-refractivity contribution in [3.63, 3.8) is 0 Å². The van der Waals surface area contributed by atoms with E-state index in [0.29, 0.717) is 5.39 Å². The highest BCUT2D eigenvalue weighted by molar-refractivity contribution is 6.08. The second-order valence-electron chi connectivity index (χ2n) is 5.11. The van der Waals surface area contributed by atoms with E-state index in [4.69, 9.17) is 4.42 Å². The number of fused-ring (bicyclic) bond motifs is 4. The van der Waals surface area contributed by atoms with Crippen LogP contribution in [-0.2, 0) is 6.18 Å².